The Morgan fingerprint density at radius 2 is 1.75 bits per heavy atom. The minimum absolute atomic E-state index is 0.0772. The van der Waals surface area contributed by atoms with E-state index < -0.39 is 18.5 Å². The lowest BCUT2D eigenvalue weighted by molar-refractivity contribution is -0.119. The number of rotatable bonds is 6. The van der Waals surface area contributed by atoms with Gasteiger partial charge >= 0.3 is 5.97 Å². The standard InChI is InChI=1S/C17H17NO6/c1-22-12-8-6-11(7-9-12)18-15(19)10-24-17(21)13-4-3-5-14(23-2)16(13)20/h3-9,20H,10H2,1-2H3,(H,18,19). The van der Waals surface area contributed by atoms with Crippen LogP contribution in [0.3, 0.4) is 0 Å². The molecule has 0 aliphatic heterocycles. The summed E-state index contributed by atoms with van der Waals surface area (Å²) in [5, 5.41) is 12.4. The van der Waals surface area contributed by atoms with Gasteiger partial charge in [-0.15, -0.1) is 0 Å². The average molecular weight is 331 g/mol. The SMILES string of the molecule is COc1ccc(NC(=O)COC(=O)c2cccc(OC)c2O)cc1. The highest BCUT2D eigenvalue weighted by Gasteiger charge is 2.17. The molecular formula is C17H17NO6. The third-order valence-electron chi connectivity index (χ3n) is 3.15. The molecule has 0 fully saturated rings. The van der Waals surface area contributed by atoms with Crippen LogP contribution in [0.15, 0.2) is 42.5 Å². The van der Waals surface area contributed by atoms with Gasteiger partial charge in [-0.2, -0.15) is 0 Å². The topological polar surface area (TPSA) is 94.1 Å². The van der Waals surface area contributed by atoms with Gasteiger partial charge in [-0.05, 0) is 36.4 Å². The van der Waals surface area contributed by atoms with E-state index in [-0.39, 0.29) is 17.1 Å². The number of carbonyl (C=O) groups is 2. The van der Waals surface area contributed by atoms with Crippen molar-refractivity contribution in [3.05, 3.63) is 48.0 Å². The summed E-state index contributed by atoms with van der Waals surface area (Å²) < 4.78 is 14.8. The number of hydrogen-bond donors (Lipinski definition) is 2. The first-order valence-electron chi connectivity index (χ1n) is 7.02. The molecule has 0 heterocycles. The number of methoxy groups -OCH3 is 2. The molecule has 0 aliphatic carbocycles. The van der Waals surface area contributed by atoms with Crippen molar-refractivity contribution in [2.45, 2.75) is 0 Å². The Kier molecular flexibility index (Phi) is 5.62. The first kappa shape index (κ1) is 17.1. The van der Waals surface area contributed by atoms with Crippen LogP contribution in [0.5, 0.6) is 17.2 Å². The van der Waals surface area contributed by atoms with Crippen molar-refractivity contribution in [1.29, 1.82) is 0 Å². The second-order valence-electron chi connectivity index (χ2n) is 4.71. The highest BCUT2D eigenvalue weighted by atomic mass is 16.5. The Labute approximate surface area is 138 Å². The molecule has 0 radical (unpaired) electrons. The van der Waals surface area contributed by atoms with Gasteiger partial charge in [0, 0.05) is 5.69 Å². The molecule has 2 N–H and O–H groups in total. The maximum absolute atomic E-state index is 11.9. The van der Waals surface area contributed by atoms with Crippen molar-refractivity contribution < 1.29 is 28.9 Å². The summed E-state index contributed by atoms with van der Waals surface area (Å²) in [5.74, 6) is -0.854. The summed E-state index contributed by atoms with van der Waals surface area (Å²) in [4.78, 5) is 23.7. The number of phenols is 1. The van der Waals surface area contributed by atoms with Gasteiger partial charge < -0.3 is 24.6 Å². The monoisotopic (exact) mass is 331 g/mol. The summed E-state index contributed by atoms with van der Waals surface area (Å²) >= 11 is 0. The van der Waals surface area contributed by atoms with Crippen molar-refractivity contribution in [3.63, 3.8) is 0 Å². The van der Waals surface area contributed by atoms with Crippen LogP contribution in [0.25, 0.3) is 0 Å². The number of anilines is 1. The van der Waals surface area contributed by atoms with Crippen LogP contribution < -0.4 is 14.8 Å². The summed E-state index contributed by atoms with van der Waals surface area (Å²) in [6.07, 6.45) is 0. The van der Waals surface area contributed by atoms with Gasteiger partial charge in [0.05, 0.1) is 14.2 Å². The summed E-state index contributed by atoms with van der Waals surface area (Å²) in [6.45, 7) is -0.485. The van der Waals surface area contributed by atoms with Gasteiger partial charge in [-0.25, -0.2) is 4.79 Å². The molecule has 2 rings (SSSR count). The van der Waals surface area contributed by atoms with Crippen molar-refractivity contribution >= 4 is 17.6 Å². The van der Waals surface area contributed by atoms with Crippen molar-refractivity contribution in [2.24, 2.45) is 0 Å². The average Bonchev–Trinajstić information content (AvgIpc) is 2.60. The second kappa shape index (κ2) is 7.87. The Bertz CT molecular complexity index is 726. The smallest absolute Gasteiger partial charge is 0.342 e. The van der Waals surface area contributed by atoms with Gasteiger partial charge in [0.1, 0.15) is 11.3 Å². The number of benzene rings is 2. The Hall–Kier alpha value is -3.22. The molecule has 0 saturated carbocycles. The minimum Gasteiger partial charge on any atom is -0.504 e. The third kappa shape index (κ3) is 4.16. The van der Waals surface area contributed by atoms with E-state index in [9.17, 15) is 14.7 Å². The molecule has 0 unspecified atom stereocenters. The van der Waals surface area contributed by atoms with Crippen molar-refractivity contribution in [3.8, 4) is 17.2 Å². The van der Waals surface area contributed by atoms with Crippen molar-refractivity contribution in [2.75, 3.05) is 26.1 Å². The molecule has 2 aromatic rings. The predicted molar refractivity (Wildman–Crippen MR) is 86.6 cm³/mol. The van der Waals surface area contributed by atoms with Crippen LogP contribution in [-0.4, -0.2) is 37.8 Å². The fourth-order valence-electron chi connectivity index (χ4n) is 1.93. The molecule has 0 saturated heterocycles. The summed E-state index contributed by atoms with van der Waals surface area (Å²) in [5.41, 5.74) is 0.465. The summed E-state index contributed by atoms with van der Waals surface area (Å²) in [7, 11) is 2.91. The number of nitrogens with one attached hydrogen (secondary N) is 1. The molecule has 7 heteroatoms. The van der Waals surface area contributed by atoms with Gasteiger partial charge in [-0.1, -0.05) is 6.07 Å². The minimum atomic E-state index is -0.823. The quantitative estimate of drug-likeness (QED) is 0.788. The number of amides is 1. The molecule has 2 aromatic carbocycles. The molecule has 126 valence electrons. The van der Waals surface area contributed by atoms with E-state index in [1.807, 2.05) is 0 Å². The fraction of sp³-hybridized carbons (Fsp3) is 0.176. The van der Waals surface area contributed by atoms with E-state index in [1.165, 1.54) is 25.3 Å². The third-order valence-corrected chi connectivity index (χ3v) is 3.15. The number of ether oxygens (including phenoxy) is 3. The lowest BCUT2D eigenvalue weighted by Gasteiger charge is -2.09. The number of phenolic OH excluding ortho intramolecular Hbond substituents is 1. The Balaban J connectivity index is 1.92. The highest BCUT2D eigenvalue weighted by molar-refractivity contribution is 5.97. The van der Waals surface area contributed by atoms with Crippen LogP contribution in [0.1, 0.15) is 10.4 Å². The molecule has 0 bridgehead atoms. The second-order valence-corrected chi connectivity index (χ2v) is 4.71. The summed E-state index contributed by atoms with van der Waals surface area (Å²) in [6, 6.07) is 11.1. The molecule has 0 spiro atoms. The van der Waals surface area contributed by atoms with Gasteiger partial charge in [-0.3, -0.25) is 4.79 Å². The van der Waals surface area contributed by atoms with E-state index in [4.69, 9.17) is 14.2 Å². The number of aromatic hydroxyl groups is 1. The Morgan fingerprint density at radius 1 is 1.04 bits per heavy atom. The Morgan fingerprint density at radius 3 is 2.38 bits per heavy atom. The van der Waals surface area contributed by atoms with Crippen molar-refractivity contribution in [1.82, 2.24) is 0 Å². The lowest BCUT2D eigenvalue weighted by Crippen LogP contribution is -2.21. The zero-order valence-electron chi connectivity index (χ0n) is 13.2. The molecule has 0 atom stereocenters. The fourth-order valence-corrected chi connectivity index (χ4v) is 1.93. The lowest BCUT2D eigenvalue weighted by atomic mass is 10.2. The maximum atomic E-state index is 11.9. The maximum Gasteiger partial charge on any atom is 0.342 e. The predicted octanol–water partition coefficient (Wildman–Crippen LogP) is 2.20. The molecule has 7 nitrogen and oxygen atoms in total. The van der Waals surface area contributed by atoms with Crippen LogP contribution in [0, 0.1) is 0 Å². The van der Waals surface area contributed by atoms with Crippen LogP contribution in [0.4, 0.5) is 5.69 Å². The normalized spacial score (nSPS) is 9.92. The van der Waals surface area contributed by atoms with Gasteiger partial charge in [0.15, 0.2) is 18.1 Å². The van der Waals surface area contributed by atoms with E-state index in [0.717, 1.165) is 0 Å². The molecule has 0 aromatic heterocycles. The van der Waals surface area contributed by atoms with E-state index in [0.29, 0.717) is 11.4 Å². The highest BCUT2D eigenvalue weighted by Crippen LogP contribution is 2.29. The first-order chi connectivity index (χ1) is 11.5. The zero-order valence-corrected chi connectivity index (χ0v) is 13.2. The number of carbonyl (C=O) groups excluding carboxylic acids is 2. The van der Waals surface area contributed by atoms with Crippen LogP contribution >= 0.6 is 0 Å². The van der Waals surface area contributed by atoms with Gasteiger partial charge in [0.25, 0.3) is 5.91 Å². The van der Waals surface area contributed by atoms with Gasteiger partial charge in [0.2, 0.25) is 0 Å². The molecule has 0 aliphatic rings. The number of hydrogen-bond acceptors (Lipinski definition) is 6. The van der Waals surface area contributed by atoms with E-state index in [2.05, 4.69) is 5.32 Å². The van der Waals surface area contributed by atoms with E-state index >= 15 is 0 Å². The molecule has 1 amide bonds. The number of para-hydroxylation sites is 1. The largest absolute Gasteiger partial charge is 0.504 e. The van der Waals surface area contributed by atoms with Crippen LogP contribution in [0.2, 0.25) is 0 Å². The molecule has 24 heavy (non-hydrogen) atoms. The zero-order chi connectivity index (χ0) is 17.5. The van der Waals surface area contributed by atoms with E-state index in [1.54, 1.807) is 31.4 Å². The first-order valence-corrected chi connectivity index (χ1v) is 7.02. The number of esters is 1. The molecular weight excluding hydrogens is 314 g/mol. The van der Waals surface area contributed by atoms with Crippen LogP contribution in [-0.2, 0) is 9.53 Å².